The van der Waals surface area contributed by atoms with Crippen LogP contribution in [-0.2, 0) is 0 Å². The third-order valence-corrected chi connectivity index (χ3v) is 4.98. The van der Waals surface area contributed by atoms with E-state index in [1.165, 1.54) is 38.9 Å². The van der Waals surface area contributed by atoms with Gasteiger partial charge in [-0.05, 0) is 39.2 Å². The highest BCUT2D eigenvalue weighted by Gasteiger charge is 2.36. The topological polar surface area (TPSA) is 6.48 Å². The molecule has 0 bridgehead atoms. The van der Waals surface area contributed by atoms with Gasteiger partial charge in [-0.2, -0.15) is 0 Å². The summed E-state index contributed by atoms with van der Waals surface area (Å²) < 4.78 is 0. The zero-order valence-corrected chi connectivity index (χ0v) is 11.4. The van der Waals surface area contributed by atoms with Gasteiger partial charge in [0.1, 0.15) is 0 Å². The van der Waals surface area contributed by atoms with Gasteiger partial charge in [-0.1, -0.05) is 20.3 Å². The largest absolute Gasteiger partial charge is 0.298 e. The molecular weight excluding hydrogens is 196 g/mol. The molecule has 16 heavy (non-hydrogen) atoms. The highest BCUT2D eigenvalue weighted by molar-refractivity contribution is 4.93. The van der Waals surface area contributed by atoms with Gasteiger partial charge in [0, 0.05) is 31.2 Å². The molecule has 2 fully saturated rings. The monoisotopic (exact) mass is 224 g/mol. The molecule has 0 N–H and O–H groups in total. The number of hydrogen-bond acceptors (Lipinski definition) is 2. The van der Waals surface area contributed by atoms with Crippen molar-refractivity contribution in [1.82, 2.24) is 9.80 Å². The maximum atomic E-state index is 2.76. The summed E-state index contributed by atoms with van der Waals surface area (Å²) in [6, 6.07) is 2.36. The SMILES string of the molecule is CCC(C)C(C)N1CC2CCCN2CC1C. The molecule has 2 aliphatic heterocycles. The first-order chi connectivity index (χ1) is 7.63. The van der Waals surface area contributed by atoms with Crippen molar-refractivity contribution in [2.24, 2.45) is 5.92 Å². The van der Waals surface area contributed by atoms with Crippen LogP contribution in [0.3, 0.4) is 0 Å². The van der Waals surface area contributed by atoms with Crippen molar-refractivity contribution < 1.29 is 0 Å². The molecule has 0 aromatic carbocycles. The number of fused-ring (bicyclic) bond motifs is 1. The maximum Gasteiger partial charge on any atom is 0.0224 e. The number of nitrogens with zero attached hydrogens (tertiary/aromatic N) is 2. The Kier molecular flexibility index (Phi) is 3.91. The molecule has 2 rings (SSSR count). The van der Waals surface area contributed by atoms with Crippen LogP contribution in [0.5, 0.6) is 0 Å². The fraction of sp³-hybridized carbons (Fsp3) is 1.00. The number of rotatable bonds is 3. The van der Waals surface area contributed by atoms with Gasteiger partial charge >= 0.3 is 0 Å². The van der Waals surface area contributed by atoms with Crippen molar-refractivity contribution >= 4 is 0 Å². The zero-order chi connectivity index (χ0) is 11.7. The zero-order valence-electron chi connectivity index (χ0n) is 11.4. The Balaban J connectivity index is 1.99. The minimum Gasteiger partial charge on any atom is -0.298 e. The van der Waals surface area contributed by atoms with Crippen LogP contribution in [0, 0.1) is 5.92 Å². The van der Waals surface area contributed by atoms with Gasteiger partial charge in [-0.15, -0.1) is 0 Å². The third kappa shape index (κ3) is 2.28. The minimum atomic E-state index is 0.748. The lowest BCUT2D eigenvalue weighted by Gasteiger charge is -2.46. The lowest BCUT2D eigenvalue weighted by molar-refractivity contribution is 0.0165. The standard InChI is InChI=1S/C14H28N2/c1-5-11(2)13(4)16-10-14-7-6-8-15(14)9-12(16)3/h11-14H,5-10H2,1-4H3. The molecule has 0 amide bonds. The van der Waals surface area contributed by atoms with Crippen LogP contribution in [0.4, 0.5) is 0 Å². The van der Waals surface area contributed by atoms with E-state index in [1.807, 2.05) is 0 Å². The maximum absolute atomic E-state index is 2.76. The van der Waals surface area contributed by atoms with Crippen molar-refractivity contribution in [3.63, 3.8) is 0 Å². The summed E-state index contributed by atoms with van der Waals surface area (Å²) in [6.45, 7) is 13.5. The predicted octanol–water partition coefficient (Wildman–Crippen LogP) is 2.59. The Bertz CT molecular complexity index is 229. The average Bonchev–Trinajstić information content (AvgIpc) is 2.72. The molecule has 0 spiro atoms. The summed E-state index contributed by atoms with van der Waals surface area (Å²) in [5.74, 6) is 0.829. The van der Waals surface area contributed by atoms with Crippen LogP contribution in [0.1, 0.15) is 47.0 Å². The first-order valence-corrected chi connectivity index (χ1v) is 7.13. The van der Waals surface area contributed by atoms with E-state index in [1.54, 1.807) is 0 Å². The van der Waals surface area contributed by atoms with E-state index in [0.717, 1.165) is 24.0 Å². The van der Waals surface area contributed by atoms with Crippen molar-refractivity contribution in [3.8, 4) is 0 Å². The van der Waals surface area contributed by atoms with E-state index in [4.69, 9.17) is 0 Å². The molecule has 94 valence electrons. The van der Waals surface area contributed by atoms with E-state index in [2.05, 4.69) is 37.5 Å². The van der Waals surface area contributed by atoms with Gasteiger partial charge in [0.2, 0.25) is 0 Å². The highest BCUT2D eigenvalue weighted by Crippen LogP contribution is 2.28. The molecule has 0 aliphatic carbocycles. The second-order valence-corrected chi connectivity index (χ2v) is 5.96. The van der Waals surface area contributed by atoms with E-state index < -0.39 is 0 Å². The van der Waals surface area contributed by atoms with Crippen LogP contribution in [-0.4, -0.2) is 47.6 Å². The number of hydrogen-bond donors (Lipinski definition) is 0. The molecule has 0 radical (unpaired) electrons. The smallest absolute Gasteiger partial charge is 0.0224 e. The summed E-state index contributed by atoms with van der Waals surface area (Å²) >= 11 is 0. The Morgan fingerprint density at radius 2 is 2.00 bits per heavy atom. The molecule has 2 heterocycles. The van der Waals surface area contributed by atoms with Gasteiger partial charge in [-0.25, -0.2) is 0 Å². The van der Waals surface area contributed by atoms with Crippen LogP contribution < -0.4 is 0 Å². The van der Waals surface area contributed by atoms with Gasteiger partial charge in [-0.3, -0.25) is 9.80 Å². The van der Waals surface area contributed by atoms with Crippen molar-refractivity contribution in [3.05, 3.63) is 0 Å². The van der Waals surface area contributed by atoms with Crippen LogP contribution in [0.15, 0.2) is 0 Å². The summed E-state index contributed by atoms with van der Waals surface area (Å²) in [5, 5.41) is 0. The van der Waals surface area contributed by atoms with Crippen molar-refractivity contribution in [2.45, 2.75) is 65.1 Å². The van der Waals surface area contributed by atoms with Crippen LogP contribution >= 0.6 is 0 Å². The Labute approximate surface area is 101 Å². The van der Waals surface area contributed by atoms with E-state index in [9.17, 15) is 0 Å². The third-order valence-electron chi connectivity index (χ3n) is 4.98. The summed E-state index contributed by atoms with van der Waals surface area (Å²) in [7, 11) is 0. The molecule has 0 aromatic rings. The van der Waals surface area contributed by atoms with E-state index >= 15 is 0 Å². The minimum absolute atomic E-state index is 0.748. The van der Waals surface area contributed by atoms with Crippen molar-refractivity contribution in [2.75, 3.05) is 19.6 Å². The first-order valence-electron chi connectivity index (χ1n) is 7.13. The summed E-state index contributed by atoms with van der Waals surface area (Å²) in [6.07, 6.45) is 4.15. The molecule has 2 heteroatoms. The predicted molar refractivity (Wildman–Crippen MR) is 69.7 cm³/mol. The highest BCUT2D eigenvalue weighted by atomic mass is 15.3. The quantitative estimate of drug-likeness (QED) is 0.727. The van der Waals surface area contributed by atoms with Crippen LogP contribution in [0.2, 0.25) is 0 Å². The van der Waals surface area contributed by atoms with Gasteiger partial charge in [0.25, 0.3) is 0 Å². The first kappa shape index (κ1) is 12.4. The molecule has 2 saturated heterocycles. The van der Waals surface area contributed by atoms with Gasteiger partial charge < -0.3 is 0 Å². The van der Waals surface area contributed by atoms with Gasteiger partial charge in [0.15, 0.2) is 0 Å². The van der Waals surface area contributed by atoms with Crippen molar-refractivity contribution in [1.29, 1.82) is 0 Å². The molecule has 0 aromatic heterocycles. The summed E-state index contributed by atoms with van der Waals surface area (Å²) in [5.41, 5.74) is 0. The van der Waals surface area contributed by atoms with E-state index in [0.29, 0.717) is 0 Å². The lowest BCUT2D eigenvalue weighted by Crippen LogP contribution is -2.58. The second-order valence-electron chi connectivity index (χ2n) is 5.96. The molecule has 0 saturated carbocycles. The number of piperazine rings is 1. The lowest BCUT2D eigenvalue weighted by atomic mass is 9.95. The fourth-order valence-electron chi connectivity index (χ4n) is 3.45. The second kappa shape index (κ2) is 5.05. The summed E-state index contributed by atoms with van der Waals surface area (Å²) in [4.78, 5) is 5.48. The van der Waals surface area contributed by atoms with E-state index in [-0.39, 0.29) is 0 Å². The fourth-order valence-corrected chi connectivity index (χ4v) is 3.45. The molecule has 2 nitrogen and oxygen atoms in total. The van der Waals surface area contributed by atoms with Gasteiger partial charge in [0.05, 0.1) is 0 Å². The molecule has 2 aliphatic rings. The molecule has 4 unspecified atom stereocenters. The molecule has 4 atom stereocenters. The Morgan fingerprint density at radius 3 is 2.69 bits per heavy atom. The van der Waals surface area contributed by atoms with Crippen LogP contribution in [0.25, 0.3) is 0 Å². The normalized spacial score (nSPS) is 36.0. The molecular formula is C14H28N2. The average molecular weight is 224 g/mol. The Hall–Kier alpha value is -0.0800. The Morgan fingerprint density at radius 1 is 1.25 bits per heavy atom.